The predicted octanol–water partition coefficient (Wildman–Crippen LogP) is 0.231. The van der Waals surface area contributed by atoms with Crippen molar-refractivity contribution in [3.05, 3.63) is 30.3 Å². The fourth-order valence-corrected chi connectivity index (χ4v) is 5.20. The van der Waals surface area contributed by atoms with Crippen LogP contribution in [0.2, 0.25) is 0 Å². The fourth-order valence-electron chi connectivity index (χ4n) is 3.43. The second-order valence-electron chi connectivity index (χ2n) is 6.67. The molecule has 0 spiro atoms. The number of aliphatic hydroxyl groups is 1. The van der Waals surface area contributed by atoms with Gasteiger partial charge in [0.05, 0.1) is 11.5 Å². The van der Waals surface area contributed by atoms with Gasteiger partial charge in [0.1, 0.15) is 18.5 Å². The molecule has 2 atom stereocenters. The van der Waals surface area contributed by atoms with E-state index in [-0.39, 0.29) is 12.6 Å². The van der Waals surface area contributed by atoms with Gasteiger partial charge >= 0.3 is 0 Å². The van der Waals surface area contributed by atoms with Gasteiger partial charge in [0.2, 0.25) is 0 Å². The first-order chi connectivity index (χ1) is 11.5. The molecule has 1 N–H and O–H groups in total. The molecule has 0 bridgehead atoms. The Bertz CT molecular complexity index is 615. The van der Waals surface area contributed by atoms with Gasteiger partial charge in [-0.3, -0.25) is 9.80 Å². The number of β-amino-alcohol motifs (C(OH)–C–C–N with tert-alkyl or cyclic N) is 1. The first-order valence-corrected chi connectivity index (χ1v) is 10.4. The van der Waals surface area contributed by atoms with Gasteiger partial charge in [-0.1, -0.05) is 18.2 Å². The third-order valence-corrected chi connectivity index (χ3v) is 6.54. The van der Waals surface area contributed by atoms with Crippen LogP contribution in [0.1, 0.15) is 6.42 Å². The minimum Gasteiger partial charge on any atom is -0.491 e. The second-order valence-corrected chi connectivity index (χ2v) is 8.90. The van der Waals surface area contributed by atoms with E-state index < -0.39 is 15.9 Å². The summed E-state index contributed by atoms with van der Waals surface area (Å²) in [4.78, 5) is 4.51. The molecule has 134 valence electrons. The van der Waals surface area contributed by atoms with Gasteiger partial charge in [-0.05, 0) is 18.6 Å². The maximum absolute atomic E-state index is 11.6. The largest absolute Gasteiger partial charge is 0.491 e. The molecule has 2 aliphatic heterocycles. The molecule has 0 amide bonds. The zero-order valence-corrected chi connectivity index (χ0v) is 14.7. The van der Waals surface area contributed by atoms with E-state index in [1.807, 2.05) is 30.3 Å². The molecule has 6 nitrogen and oxygen atoms in total. The van der Waals surface area contributed by atoms with E-state index >= 15 is 0 Å². The van der Waals surface area contributed by atoms with Crippen LogP contribution in [0.15, 0.2) is 30.3 Å². The molecular weight excluding hydrogens is 328 g/mol. The average molecular weight is 354 g/mol. The van der Waals surface area contributed by atoms with Gasteiger partial charge in [0, 0.05) is 38.8 Å². The van der Waals surface area contributed by atoms with E-state index in [4.69, 9.17) is 4.74 Å². The van der Waals surface area contributed by atoms with Crippen LogP contribution in [0.25, 0.3) is 0 Å². The second kappa shape index (κ2) is 7.82. The molecular formula is C17H26N2O4S. The number of hydrogen-bond donors (Lipinski definition) is 1. The lowest BCUT2D eigenvalue weighted by Crippen LogP contribution is -2.52. The van der Waals surface area contributed by atoms with Crippen molar-refractivity contribution in [2.45, 2.75) is 18.6 Å². The molecule has 2 aliphatic rings. The van der Waals surface area contributed by atoms with Crippen LogP contribution in [-0.2, 0) is 9.84 Å². The minimum atomic E-state index is -2.82. The standard InChI is InChI=1S/C17H26N2O4S/c20-16(13-23-17-4-2-1-3-5-17)12-18-7-9-19(10-8-18)15-6-11-24(21,22)14-15/h1-5,15-16,20H,6-14H2/t15-,16-/m1/s1. The summed E-state index contributed by atoms with van der Waals surface area (Å²) in [5.74, 6) is 1.40. The highest BCUT2D eigenvalue weighted by molar-refractivity contribution is 7.91. The van der Waals surface area contributed by atoms with Crippen LogP contribution in [0.4, 0.5) is 0 Å². The van der Waals surface area contributed by atoms with Gasteiger partial charge < -0.3 is 9.84 Å². The zero-order chi connectivity index (χ0) is 17.0. The summed E-state index contributed by atoms with van der Waals surface area (Å²) in [6, 6.07) is 9.68. The number of aliphatic hydroxyl groups excluding tert-OH is 1. The van der Waals surface area contributed by atoms with Gasteiger partial charge in [0.15, 0.2) is 9.84 Å². The molecule has 1 aromatic rings. The van der Waals surface area contributed by atoms with E-state index in [1.165, 1.54) is 0 Å². The van der Waals surface area contributed by atoms with Crippen molar-refractivity contribution in [2.75, 3.05) is 50.8 Å². The Morgan fingerprint density at radius 2 is 1.88 bits per heavy atom. The van der Waals surface area contributed by atoms with Crippen molar-refractivity contribution in [1.29, 1.82) is 0 Å². The van der Waals surface area contributed by atoms with Crippen LogP contribution in [-0.4, -0.2) is 86.3 Å². The van der Waals surface area contributed by atoms with Crippen LogP contribution >= 0.6 is 0 Å². The normalized spacial score (nSPS) is 26.3. The van der Waals surface area contributed by atoms with Gasteiger partial charge in [-0.25, -0.2) is 8.42 Å². The Kier molecular flexibility index (Phi) is 5.76. The first-order valence-electron chi connectivity index (χ1n) is 8.54. The summed E-state index contributed by atoms with van der Waals surface area (Å²) in [5, 5.41) is 10.1. The number of rotatable bonds is 6. The van der Waals surface area contributed by atoms with Crippen LogP contribution in [0.5, 0.6) is 5.75 Å². The van der Waals surface area contributed by atoms with Crippen molar-refractivity contribution < 1.29 is 18.3 Å². The number of hydrogen-bond acceptors (Lipinski definition) is 6. The highest BCUT2D eigenvalue weighted by Gasteiger charge is 2.33. The Morgan fingerprint density at radius 3 is 2.50 bits per heavy atom. The van der Waals surface area contributed by atoms with Gasteiger partial charge in [0.25, 0.3) is 0 Å². The lowest BCUT2D eigenvalue weighted by atomic mass is 10.2. The van der Waals surface area contributed by atoms with E-state index in [0.717, 1.165) is 38.3 Å². The number of benzene rings is 1. The van der Waals surface area contributed by atoms with Crippen LogP contribution in [0.3, 0.4) is 0 Å². The molecule has 3 rings (SSSR count). The lowest BCUT2D eigenvalue weighted by Gasteiger charge is -2.38. The number of para-hydroxylation sites is 1. The minimum absolute atomic E-state index is 0.184. The first kappa shape index (κ1) is 17.7. The Hall–Kier alpha value is -1.15. The summed E-state index contributed by atoms with van der Waals surface area (Å²) in [6.07, 6.45) is 0.235. The predicted molar refractivity (Wildman–Crippen MR) is 93.0 cm³/mol. The molecule has 1 aromatic carbocycles. The third-order valence-electron chi connectivity index (χ3n) is 4.79. The van der Waals surface area contributed by atoms with Crippen LogP contribution < -0.4 is 4.74 Å². The van der Waals surface area contributed by atoms with Gasteiger partial charge in [-0.15, -0.1) is 0 Å². The maximum Gasteiger partial charge on any atom is 0.151 e. The van der Waals surface area contributed by atoms with E-state index in [2.05, 4.69) is 9.80 Å². The SMILES string of the molecule is O=S1(=O)CC[C@@H](N2CCN(C[C@@H](O)COc3ccccc3)CC2)C1. The quantitative estimate of drug-likeness (QED) is 0.789. The number of nitrogens with zero attached hydrogens (tertiary/aromatic N) is 2. The van der Waals surface area contributed by atoms with Crippen molar-refractivity contribution in [3.63, 3.8) is 0 Å². The summed E-state index contributed by atoms with van der Waals surface area (Å²) in [5.41, 5.74) is 0. The van der Waals surface area contributed by atoms with E-state index in [0.29, 0.717) is 18.1 Å². The van der Waals surface area contributed by atoms with E-state index in [1.54, 1.807) is 0 Å². The lowest BCUT2D eigenvalue weighted by molar-refractivity contribution is 0.0389. The van der Waals surface area contributed by atoms with Crippen molar-refractivity contribution in [1.82, 2.24) is 9.80 Å². The molecule has 24 heavy (non-hydrogen) atoms. The number of sulfone groups is 1. The molecule has 0 saturated carbocycles. The summed E-state index contributed by atoms with van der Waals surface area (Å²) >= 11 is 0. The maximum atomic E-state index is 11.6. The highest BCUT2D eigenvalue weighted by Crippen LogP contribution is 2.19. The van der Waals surface area contributed by atoms with Crippen molar-refractivity contribution >= 4 is 9.84 Å². The summed E-state index contributed by atoms with van der Waals surface area (Å²) in [6.45, 7) is 4.32. The molecule has 0 radical (unpaired) electrons. The van der Waals surface area contributed by atoms with Crippen molar-refractivity contribution in [2.24, 2.45) is 0 Å². The molecule has 2 saturated heterocycles. The Labute approximate surface area is 143 Å². The Balaban J connectivity index is 1.37. The highest BCUT2D eigenvalue weighted by atomic mass is 32.2. The topological polar surface area (TPSA) is 70.1 Å². The average Bonchev–Trinajstić information content (AvgIpc) is 2.95. The molecule has 7 heteroatoms. The molecule has 0 unspecified atom stereocenters. The number of piperazine rings is 1. The number of ether oxygens (including phenoxy) is 1. The Morgan fingerprint density at radius 1 is 1.17 bits per heavy atom. The van der Waals surface area contributed by atoms with Gasteiger partial charge in [-0.2, -0.15) is 0 Å². The smallest absolute Gasteiger partial charge is 0.151 e. The molecule has 0 aromatic heterocycles. The molecule has 0 aliphatic carbocycles. The summed E-state index contributed by atoms with van der Waals surface area (Å²) in [7, 11) is -2.82. The third kappa shape index (κ3) is 4.92. The van der Waals surface area contributed by atoms with Crippen molar-refractivity contribution in [3.8, 4) is 5.75 Å². The molecule has 2 heterocycles. The summed E-state index contributed by atoms with van der Waals surface area (Å²) < 4.78 is 28.8. The monoisotopic (exact) mass is 354 g/mol. The van der Waals surface area contributed by atoms with Crippen LogP contribution in [0, 0.1) is 0 Å². The fraction of sp³-hybridized carbons (Fsp3) is 0.647. The molecule has 2 fully saturated rings. The van der Waals surface area contributed by atoms with E-state index in [9.17, 15) is 13.5 Å². The zero-order valence-electron chi connectivity index (χ0n) is 13.9.